The molecular weight excluding hydrogens is 505 g/mol. The Bertz CT molecular complexity index is 1410. The molecule has 2 aromatic heterocycles. The molecule has 1 aromatic carbocycles. The number of aryl methyl sites for hydroxylation is 1. The normalized spacial score (nSPS) is 17.4. The van der Waals surface area contributed by atoms with Gasteiger partial charge in [-0.25, -0.2) is 24.8 Å². The van der Waals surface area contributed by atoms with Gasteiger partial charge in [0, 0.05) is 31.1 Å². The molecule has 1 fully saturated rings. The molecule has 1 saturated heterocycles. The molecule has 4 heterocycles. The summed E-state index contributed by atoms with van der Waals surface area (Å²) in [4.78, 5) is 38.0. The second-order valence-electron chi connectivity index (χ2n) is 9.49. The molecule has 11 nitrogen and oxygen atoms in total. The number of carbonyl (C=O) groups is 1. The van der Waals surface area contributed by atoms with E-state index in [2.05, 4.69) is 20.4 Å². The first-order chi connectivity index (χ1) is 18.8. The zero-order valence-corrected chi connectivity index (χ0v) is 21.7. The molecule has 0 saturated carbocycles. The van der Waals surface area contributed by atoms with Crippen LogP contribution < -0.4 is 16.0 Å². The Kier molecular flexibility index (Phi) is 7.66. The summed E-state index contributed by atoms with van der Waals surface area (Å²) >= 11 is 0. The number of nitrogens with two attached hydrogens (primary N) is 1. The Hall–Kier alpha value is -4.16. The molecule has 3 aromatic rings. The van der Waals surface area contributed by atoms with Crippen molar-refractivity contribution in [2.24, 2.45) is 4.99 Å². The van der Waals surface area contributed by atoms with Crippen molar-refractivity contribution in [3.05, 3.63) is 64.7 Å². The smallest absolute Gasteiger partial charge is 0.251 e. The Labute approximate surface area is 224 Å². The second-order valence-corrected chi connectivity index (χ2v) is 9.49. The number of halogens is 1. The van der Waals surface area contributed by atoms with Crippen molar-refractivity contribution in [3.63, 3.8) is 0 Å². The number of carbonyl (C=O) groups excluding carboxylic acids is 1. The molecule has 204 valence electrons. The molecule has 0 radical (unpaired) electrons. The highest BCUT2D eigenvalue weighted by Gasteiger charge is 2.29. The molecule has 12 heteroatoms. The van der Waals surface area contributed by atoms with E-state index in [1.54, 1.807) is 36.1 Å². The van der Waals surface area contributed by atoms with Crippen LogP contribution in [-0.4, -0.2) is 69.6 Å². The number of aliphatic hydroxyl groups is 1. The SMILES string of the molecule is COc1cccc(-c2cc(F)ccc2C2Cc3nc(N)nc(C)c3C(NOCC(=O)N3CCC(O)CC3)=N2)n1. The molecule has 5 rings (SSSR count). The quantitative estimate of drug-likeness (QED) is 0.404. The molecule has 2 aliphatic heterocycles. The standard InChI is InChI=1S/C27H30FN7O4/c1-15-25-22(33-27(29)30-15)13-21(32-26(25)34-39-14-24(37)35-10-8-17(36)9-11-35)18-7-6-16(28)12-19(18)20-4-3-5-23(31-20)38-2/h3-7,12,17,21,36H,8-11,13-14H2,1-2H3,(H,32,34)(H2,29,30,33). The topological polar surface area (TPSA) is 148 Å². The van der Waals surface area contributed by atoms with Crippen LogP contribution in [0.1, 0.15) is 41.4 Å². The number of aromatic nitrogens is 3. The maximum Gasteiger partial charge on any atom is 0.251 e. The van der Waals surface area contributed by atoms with Crippen LogP contribution in [0.5, 0.6) is 5.88 Å². The summed E-state index contributed by atoms with van der Waals surface area (Å²) in [5.41, 5.74) is 12.5. The van der Waals surface area contributed by atoms with Crippen molar-refractivity contribution in [2.45, 2.75) is 38.3 Å². The van der Waals surface area contributed by atoms with Crippen LogP contribution in [0.3, 0.4) is 0 Å². The molecule has 4 N–H and O–H groups in total. The van der Waals surface area contributed by atoms with Gasteiger partial charge in [-0.1, -0.05) is 12.1 Å². The fourth-order valence-corrected chi connectivity index (χ4v) is 4.91. The van der Waals surface area contributed by atoms with Crippen LogP contribution in [0.4, 0.5) is 10.3 Å². The number of amidine groups is 1. The van der Waals surface area contributed by atoms with E-state index in [0.717, 1.165) is 5.56 Å². The third-order valence-corrected chi connectivity index (χ3v) is 6.86. The summed E-state index contributed by atoms with van der Waals surface area (Å²) in [5.74, 6) is 0.266. The van der Waals surface area contributed by atoms with E-state index >= 15 is 0 Å². The van der Waals surface area contributed by atoms with Crippen molar-refractivity contribution >= 4 is 17.7 Å². The molecule has 0 bridgehead atoms. The Morgan fingerprint density at radius 1 is 1.21 bits per heavy atom. The maximum absolute atomic E-state index is 14.4. The number of aliphatic hydroxyl groups excluding tert-OH is 1. The number of nitrogen functional groups attached to an aromatic ring is 1. The lowest BCUT2D eigenvalue weighted by Crippen LogP contribution is -2.43. The molecule has 0 aliphatic carbocycles. The zero-order chi connectivity index (χ0) is 27.5. The molecule has 2 aliphatic rings. The summed E-state index contributed by atoms with van der Waals surface area (Å²) in [5, 5.41) is 9.70. The molecule has 1 amide bonds. The van der Waals surface area contributed by atoms with Crippen LogP contribution >= 0.6 is 0 Å². The van der Waals surface area contributed by atoms with Crippen LogP contribution in [0.25, 0.3) is 11.3 Å². The predicted molar refractivity (Wildman–Crippen MR) is 141 cm³/mol. The lowest BCUT2D eigenvalue weighted by atomic mass is 9.91. The van der Waals surface area contributed by atoms with Crippen LogP contribution in [0.2, 0.25) is 0 Å². The monoisotopic (exact) mass is 535 g/mol. The van der Waals surface area contributed by atoms with E-state index in [4.69, 9.17) is 20.3 Å². The summed E-state index contributed by atoms with van der Waals surface area (Å²) in [6.45, 7) is 2.53. The molecule has 39 heavy (non-hydrogen) atoms. The first kappa shape index (κ1) is 26.4. The van der Waals surface area contributed by atoms with Gasteiger partial charge >= 0.3 is 0 Å². The number of rotatable bonds is 6. The Morgan fingerprint density at radius 2 is 2.00 bits per heavy atom. The minimum atomic E-state index is -0.486. The van der Waals surface area contributed by atoms with Gasteiger partial charge in [0.1, 0.15) is 5.82 Å². The Morgan fingerprint density at radius 3 is 2.77 bits per heavy atom. The van der Waals surface area contributed by atoms with Gasteiger partial charge in [0.2, 0.25) is 11.8 Å². The number of hydrogen-bond acceptors (Lipinski definition) is 10. The minimum absolute atomic E-state index is 0.128. The van der Waals surface area contributed by atoms with E-state index in [9.17, 15) is 14.3 Å². The average Bonchev–Trinajstić information content (AvgIpc) is 2.92. The number of anilines is 1. The van der Waals surface area contributed by atoms with E-state index < -0.39 is 11.9 Å². The van der Waals surface area contributed by atoms with Crippen LogP contribution in [0, 0.1) is 12.7 Å². The summed E-state index contributed by atoms with van der Waals surface area (Å²) in [6, 6.07) is 9.26. The zero-order valence-electron chi connectivity index (χ0n) is 21.7. The highest BCUT2D eigenvalue weighted by molar-refractivity contribution is 6.01. The highest BCUT2D eigenvalue weighted by atomic mass is 19.1. The summed E-state index contributed by atoms with van der Waals surface area (Å²) < 4.78 is 19.7. The van der Waals surface area contributed by atoms with E-state index in [0.29, 0.717) is 72.3 Å². The molecule has 0 spiro atoms. The molecule has 1 unspecified atom stereocenters. The number of piperidine rings is 1. The molecular formula is C27H30FN7O4. The van der Waals surface area contributed by atoms with Crippen molar-refractivity contribution < 1.29 is 23.9 Å². The number of hydroxylamine groups is 1. The van der Waals surface area contributed by atoms with Gasteiger partial charge in [-0.3, -0.25) is 14.6 Å². The lowest BCUT2D eigenvalue weighted by Gasteiger charge is -2.29. The Balaban J connectivity index is 1.45. The summed E-state index contributed by atoms with van der Waals surface area (Å²) in [7, 11) is 1.52. The van der Waals surface area contributed by atoms with E-state index in [-0.39, 0.29) is 24.6 Å². The predicted octanol–water partition coefficient (Wildman–Crippen LogP) is 2.13. The van der Waals surface area contributed by atoms with Crippen molar-refractivity contribution in [3.8, 4) is 17.1 Å². The van der Waals surface area contributed by atoms with Gasteiger partial charge in [0.15, 0.2) is 12.4 Å². The number of likely N-dealkylation sites (tertiary alicyclic amines) is 1. The fourth-order valence-electron chi connectivity index (χ4n) is 4.91. The number of amides is 1. The minimum Gasteiger partial charge on any atom is -0.481 e. The highest BCUT2D eigenvalue weighted by Crippen LogP contribution is 2.36. The first-order valence-electron chi connectivity index (χ1n) is 12.7. The number of benzene rings is 1. The van der Waals surface area contributed by atoms with Gasteiger partial charge in [-0.05, 0) is 43.5 Å². The average molecular weight is 536 g/mol. The third-order valence-electron chi connectivity index (χ3n) is 6.86. The van der Waals surface area contributed by atoms with Crippen molar-refractivity contribution in [1.82, 2.24) is 25.3 Å². The van der Waals surface area contributed by atoms with Crippen molar-refractivity contribution in [1.29, 1.82) is 0 Å². The number of hydrogen-bond donors (Lipinski definition) is 3. The van der Waals surface area contributed by atoms with Gasteiger partial charge in [-0.2, -0.15) is 0 Å². The number of ether oxygens (including phenoxy) is 1. The lowest BCUT2D eigenvalue weighted by molar-refractivity contribution is -0.139. The maximum atomic E-state index is 14.4. The van der Waals surface area contributed by atoms with Gasteiger partial charge in [0.05, 0.1) is 41.9 Å². The van der Waals surface area contributed by atoms with Crippen LogP contribution in [-0.2, 0) is 16.1 Å². The van der Waals surface area contributed by atoms with E-state index in [1.165, 1.54) is 19.2 Å². The number of methoxy groups -OCH3 is 1. The number of aliphatic imine (C=N–C) groups is 1. The van der Waals surface area contributed by atoms with Crippen LogP contribution in [0.15, 0.2) is 41.4 Å². The third kappa shape index (κ3) is 5.81. The number of nitrogens with zero attached hydrogens (tertiary/aromatic N) is 5. The van der Waals surface area contributed by atoms with E-state index in [1.807, 2.05) is 0 Å². The number of nitrogens with one attached hydrogen (secondary N) is 1. The largest absolute Gasteiger partial charge is 0.481 e. The summed E-state index contributed by atoms with van der Waals surface area (Å²) in [6.07, 6.45) is 1.09. The molecule has 1 atom stereocenters. The van der Waals surface area contributed by atoms with Gasteiger partial charge in [0.25, 0.3) is 5.91 Å². The van der Waals surface area contributed by atoms with Crippen molar-refractivity contribution in [2.75, 3.05) is 32.5 Å². The number of pyridine rings is 1. The fraction of sp³-hybridized carbons (Fsp3) is 0.370. The number of fused-ring (bicyclic) bond motifs is 1. The van der Waals surface area contributed by atoms with Gasteiger partial charge < -0.3 is 20.5 Å². The second kappa shape index (κ2) is 11.3. The van der Waals surface area contributed by atoms with Gasteiger partial charge in [-0.15, -0.1) is 0 Å². The first-order valence-corrected chi connectivity index (χ1v) is 12.7.